The summed E-state index contributed by atoms with van der Waals surface area (Å²) in [5.74, 6) is -1.14. The number of amides is 2. The van der Waals surface area contributed by atoms with Crippen molar-refractivity contribution < 1.29 is 19.5 Å². The lowest BCUT2D eigenvalue weighted by Crippen LogP contribution is -2.22. The number of rotatable bonds is 8. The van der Waals surface area contributed by atoms with Gasteiger partial charge >= 0.3 is 5.97 Å². The average Bonchev–Trinajstić information content (AvgIpc) is 2.63. The normalized spacial score (nSPS) is 11.5. The molecule has 0 bridgehead atoms. The van der Waals surface area contributed by atoms with Gasteiger partial charge in [-0.15, -0.1) is 11.8 Å². The summed E-state index contributed by atoms with van der Waals surface area (Å²) < 4.78 is 0. The molecule has 0 aliphatic carbocycles. The van der Waals surface area contributed by atoms with E-state index in [1.807, 2.05) is 0 Å². The SMILES string of the molecule is CC(Sc1ccc(NC(=O)CCC(=O)O)cc1)C(=O)Nc1ccc(Cl)cn1. The highest BCUT2D eigenvalue weighted by Gasteiger charge is 2.15. The zero-order valence-electron chi connectivity index (χ0n) is 14.4. The van der Waals surface area contributed by atoms with Crippen molar-refractivity contribution in [3.05, 3.63) is 47.6 Å². The predicted molar refractivity (Wildman–Crippen MR) is 105 cm³/mol. The molecule has 0 aliphatic heterocycles. The molecule has 27 heavy (non-hydrogen) atoms. The van der Waals surface area contributed by atoms with Crippen LogP contribution in [-0.2, 0) is 14.4 Å². The largest absolute Gasteiger partial charge is 0.481 e. The van der Waals surface area contributed by atoms with Crippen molar-refractivity contribution in [2.75, 3.05) is 10.6 Å². The zero-order chi connectivity index (χ0) is 19.8. The van der Waals surface area contributed by atoms with Crippen LogP contribution in [0.2, 0.25) is 5.02 Å². The standard InChI is InChI=1S/C18H18ClN3O4S/c1-11(18(26)22-15-7-2-12(19)10-20-15)27-14-5-3-13(4-6-14)21-16(23)8-9-17(24)25/h2-7,10-11H,8-9H2,1H3,(H,21,23)(H,24,25)(H,20,22,26). The lowest BCUT2D eigenvalue weighted by atomic mass is 10.2. The van der Waals surface area contributed by atoms with Crippen LogP contribution in [0.5, 0.6) is 0 Å². The molecular formula is C18H18ClN3O4S. The number of aromatic nitrogens is 1. The molecule has 0 radical (unpaired) electrons. The molecule has 1 heterocycles. The first-order valence-corrected chi connectivity index (χ1v) is 9.30. The second-order valence-electron chi connectivity index (χ2n) is 5.58. The second kappa shape index (κ2) is 9.94. The maximum atomic E-state index is 12.2. The monoisotopic (exact) mass is 407 g/mol. The van der Waals surface area contributed by atoms with Gasteiger partial charge in [0.25, 0.3) is 0 Å². The summed E-state index contributed by atoms with van der Waals surface area (Å²) in [5, 5.41) is 14.0. The summed E-state index contributed by atoms with van der Waals surface area (Å²) in [6.07, 6.45) is 1.16. The lowest BCUT2D eigenvalue weighted by Gasteiger charge is -2.12. The van der Waals surface area contributed by atoms with Gasteiger partial charge in [-0.2, -0.15) is 0 Å². The van der Waals surface area contributed by atoms with E-state index in [1.54, 1.807) is 43.3 Å². The van der Waals surface area contributed by atoms with Gasteiger partial charge in [0.2, 0.25) is 11.8 Å². The van der Waals surface area contributed by atoms with E-state index in [9.17, 15) is 14.4 Å². The molecule has 9 heteroatoms. The minimum absolute atomic E-state index is 0.0816. The van der Waals surface area contributed by atoms with E-state index in [2.05, 4.69) is 15.6 Å². The van der Waals surface area contributed by atoms with Crippen molar-refractivity contribution in [3.63, 3.8) is 0 Å². The number of nitrogens with zero attached hydrogens (tertiary/aromatic N) is 1. The number of pyridine rings is 1. The Kier molecular flexibility index (Phi) is 7.63. The number of carbonyl (C=O) groups excluding carboxylic acids is 2. The second-order valence-corrected chi connectivity index (χ2v) is 7.43. The molecule has 2 rings (SSSR count). The molecule has 0 saturated heterocycles. The third-order valence-corrected chi connectivity index (χ3v) is 4.70. The number of aliphatic carboxylic acids is 1. The molecule has 0 saturated carbocycles. The Hall–Kier alpha value is -2.58. The molecule has 1 unspecified atom stereocenters. The van der Waals surface area contributed by atoms with E-state index in [1.165, 1.54) is 18.0 Å². The molecule has 2 aromatic rings. The molecule has 142 valence electrons. The Morgan fingerprint density at radius 3 is 2.41 bits per heavy atom. The zero-order valence-corrected chi connectivity index (χ0v) is 16.0. The number of hydrogen-bond acceptors (Lipinski definition) is 5. The Balaban J connectivity index is 1.85. The van der Waals surface area contributed by atoms with Crippen molar-refractivity contribution in [1.82, 2.24) is 4.98 Å². The van der Waals surface area contributed by atoms with Crippen molar-refractivity contribution in [1.29, 1.82) is 0 Å². The Morgan fingerprint density at radius 1 is 1.11 bits per heavy atom. The minimum Gasteiger partial charge on any atom is -0.481 e. The van der Waals surface area contributed by atoms with Crippen LogP contribution >= 0.6 is 23.4 Å². The van der Waals surface area contributed by atoms with Crippen LogP contribution in [0.4, 0.5) is 11.5 Å². The fraction of sp³-hybridized carbons (Fsp3) is 0.222. The Morgan fingerprint density at radius 2 is 1.81 bits per heavy atom. The predicted octanol–water partition coefficient (Wildman–Crippen LogP) is 3.66. The van der Waals surface area contributed by atoms with Gasteiger partial charge in [0.15, 0.2) is 0 Å². The van der Waals surface area contributed by atoms with Gasteiger partial charge in [0.1, 0.15) is 5.82 Å². The van der Waals surface area contributed by atoms with Gasteiger partial charge < -0.3 is 15.7 Å². The van der Waals surface area contributed by atoms with E-state index < -0.39 is 5.97 Å². The molecule has 0 aliphatic rings. The van der Waals surface area contributed by atoms with E-state index in [-0.39, 0.29) is 29.9 Å². The van der Waals surface area contributed by atoms with Gasteiger partial charge in [0, 0.05) is 23.2 Å². The summed E-state index contributed by atoms with van der Waals surface area (Å²) >= 11 is 7.12. The number of carboxylic acids is 1. The molecule has 0 spiro atoms. The van der Waals surface area contributed by atoms with E-state index in [0.717, 1.165) is 4.90 Å². The molecule has 1 aromatic heterocycles. The van der Waals surface area contributed by atoms with E-state index >= 15 is 0 Å². The number of hydrogen-bond donors (Lipinski definition) is 3. The maximum absolute atomic E-state index is 12.2. The third-order valence-electron chi connectivity index (χ3n) is 3.36. The summed E-state index contributed by atoms with van der Waals surface area (Å²) in [6.45, 7) is 1.78. The summed E-state index contributed by atoms with van der Waals surface area (Å²) in [4.78, 5) is 39.2. The number of benzene rings is 1. The highest BCUT2D eigenvalue weighted by atomic mass is 35.5. The summed E-state index contributed by atoms with van der Waals surface area (Å²) in [6, 6.07) is 10.2. The third kappa shape index (κ3) is 7.28. The quantitative estimate of drug-likeness (QED) is 0.576. The first-order chi connectivity index (χ1) is 12.8. The van der Waals surface area contributed by atoms with Crippen molar-refractivity contribution in [2.45, 2.75) is 29.9 Å². The topological polar surface area (TPSA) is 108 Å². The molecule has 2 amide bonds. The van der Waals surface area contributed by atoms with Gasteiger partial charge in [-0.25, -0.2) is 4.98 Å². The van der Waals surface area contributed by atoms with Crippen LogP contribution in [-0.4, -0.2) is 33.1 Å². The minimum atomic E-state index is -1.02. The number of nitrogens with one attached hydrogen (secondary N) is 2. The van der Waals surface area contributed by atoms with Crippen molar-refractivity contribution in [3.8, 4) is 0 Å². The molecule has 1 aromatic carbocycles. The number of carboxylic acid groups (broad SMARTS) is 1. The highest BCUT2D eigenvalue weighted by Crippen LogP contribution is 2.25. The van der Waals surface area contributed by atoms with Gasteiger partial charge in [-0.3, -0.25) is 14.4 Å². The average molecular weight is 408 g/mol. The van der Waals surface area contributed by atoms with Crippen LogP contribution in [0, 0.1) is 0 Å². The number of halogens is 1. The van der Waals surface area contributed by atoms with E-state index in [0.29, 0.717) is 16.5 Å². The van der Waals surface area contributed by atoms with Crippen LogP contribution in [0.3, 0.4) is 0 Å². The molecular weight excluding hydrogens is 390 g/mol. The smallest absolute Gasteiger partial charge is 0.303 e. The number of carbonyl (C=O) groups is 3. The fourth-order valence-electron chi connectivity index (χ4n) is 2.00. The molecule has 3 N–H and O–H groups in total. The van der Waals surface area contributed by atoms with E-state index in [4.69, 9.17) is 16.7 Å². The van der Waals surface area contributed by atoms with Crippen LogP contribution in [0.25, 0.3) is 0 Å². The first kappa shape index (κ1) is 20.7. The van der Waals surface area contributed by atoms with Crippen LogP contribution in [0.15, 0.2) is 47.5 Å². The lowest BCUT2D eigenvalue weighted by molar-refractivity contribution is -0.138. The molecule has 7 nitrogen and oxygen atoms in total. The molecule has 0 fully saturated rings. The highest BCUT2D eigenvalue weighted by molar-refractivity contribution is 8.00. The number of thioether (sulfide) groups is 1. The summed E-state index contributed by atoms with van der Waals surface area (Å²) in [7, 11) is 0. The first-order valence-electron chi connectivity index (χ1n) is 8.04. The van der Waals surface area contributed by atoms with Crippen molar-refractivity contribution >= 4 is 52.7 Å². The molecule has 1 atom stereocenters. The van der Waals surface area contributed by atoms with Crippen LogP contribution in [0.1, 0.15) is 19.8 Å². The van der Waals surface area contributed by atoms with Crippen molar-refractivity contribution in [2.24, 2.45) is 0 Å². The van der Waals surface area contributed by atoms with Crippen LogP contribution < -0.4 is 10.6 Å². The fourth-order valence-corrected chi connectivity index (χ4v) is 2.98. The Bertz CT molecular complexity index is 812. The summed E-state index contributed by atoms with van der Waals surface area (Å²) in [5.41, 5.74) is 0.567. The van der Waals surface area contributed by atoms with Gasteiger partial charge in [-0.05, 0) is 43.3 Å². The Labute approximate surface area is 165 Å². The maximum Gasteiger partial charge on any atom is 0.303 e. The number of anilines is 2. The van der Waals surface area contributed by atoms with Gasteiger partial charge in [0.05, 0.1) is 16.7 Å². The van der Waals surface area contributed by atoms with Gasteiger partial charge in [-0.1, -0.05) is 11.6 Å².